The molecule has 0 aliphatic carbocycles. The van der Waals surface area contributed by atoms with Crippen LogP contribution in [0.4, 0.5) is 0 Å². The molecule has 9 heavy (non-hydrogen) atoms. The van der Waals surface area contributed by atoms with E-state index in [4.69, 9.17) is 34.8 Å². The second-order valence-electron chi connectivity index (χ2n) is 1.79. The van der Waals surface area contributed by atoms with E-state index >= 15 is 0 Å². The number of halogens is 3. The Balaban J connectivity index is 3.49. The maximum atomic E-state index is 5.67. The zero-order chi connectivity index (χ0) is 7.28. The molecule has 0 nitrogen and oxygen atoms in total. The van der Waals surface area contributed by atoms with Gasteiger partial charge in [0.15, 0.2) is 0 Å². The summed E-state index contributed by atoms with van der Waals surface area (Å²) >= 11 is 16.7. The number of rotatable bonds is 3. The maximum Gasteiger partial charge on any atom is 0.0418 e. The molecule has 0 saturated heterocycles. The fraction of sp³-hybridized carbons (Fsp3) is 0.667. The maximum absolute atomic E-state index is 5.67. The molecule has 0 rings (SSSR count). The first-order valence-electron chi connectivity index (χ1n) is 2.71. The van der Waals surface area contributed by atoms with Crippen LogP contribution in [0.2, 0.25) is 0 Å². The zero-order valence-corrected chi connectivity index (χ0v) is 7.47. The average molecular weight is 187 g/mol. The van der Waals surface area contributed by atoms with Crippen molar-refractivity contribution in [1.29, 1.82) is 0 Å². The van der Waals surface area contributed by atoms with Crippen LogP contribution in [-0.2, 0) is 0 Å². The quantitative estimate of drug-likeness (QED) is 0.595. The van der Waals surface area contributed by atoms with Crippen LogP contribution in [0.25, 0.3) is 0 Å². The highest BCUT2D eigenvalue weighted by Gasteiger charge is 1.97. The second kappa shape index (κ2) is 5.40. The molecular formula is C6H9Cl3. The van der Waals surface area contributed by atoms with Crippen LogP contribution in [-0.4, -0.2) is 11.3 Å². The SMILES string of the molecule is CC(Cl)CC(Cl)=CCCl. The molecule has 1 atom stereocenters. The Morgan fingerprint density at radius 3 is 2.56 bits per heavy atom. The van der Waals surface area contributed by atoms with Crippen LogP contribution >= 0.6 is 34.8 Å². The van der Waals surface area contributed by atoms with Gasteiger partial charge in [0, 0.05) is 16.3 Å². The van der Waals surface area contributed by atoms with Gasteiger partial charge < -0.3 is 0 Å². The van der Waals surface area contributed by atoms with E-state index in [1.165, 1.54) is 0 Å². The molecule has 0 N–H and O–H groups in total. The van der Waals surface area contributed by atoms with E-state index in [-0.39, 0.29) is 5.38 Å². The minimum atomic E-state index is 0.0944. The number of hydrogen-bond acceptors (Lipinski definition) is 0. The summed E-state index contributed by atoms with van der Waals surface area (Å²) in [6.45, 7) is 1.89. The average Bonchev–Trinajstić information content (AvgIpc) is 1.63. The van der Waals surface area contributed by atoms with Crippen molar-refractivity contribution < 1.29 is 0 Å². The van der Waals surface area contributed by atoms with Gasteiger partial charge in [0.05, 0.1) is 0 Å². The molecule has 0 spiro atoms. The minimum absolute atomic E-state index is 0.0944. The molecule has 0 amide bonds. The van der Waals surface area contributed by atoms with Crippen LogP contribution in [0.15, 0.2) is 11.1 Å². The van der Waals surface area contributed by atoms with Crippen molar-refractivity contribution >= 4 is 34.8 Å². The summed E-state index contributed by atoms with van der Waals surface area (Å²) in [5, 5.41) is 0.837. The van der Waals surface area contributed by atoms with E-state index < -0.39 is 0 Å². The van der Waals surface area contributed by atoms with Crippen molar-refractivity contribution in [2.24, 2.45) is 0 Å². The highest BCUT2D eigenvalue weighted by molar-refractivity contribution is 6.31. The van der Waals surface area contributed by atoms with Crippen molar-refractivity contribution in [3.8, 4) is 0 Å². The van der Waals surface area contributed by atoms with Gasteiger partial charge in [0.2, 0.25) is 0 Å². The fourth-order valence-corrected chi connectivity index (χ4v) is 1.25. The van der Waals surface area contributed by atoms with Crippen LogP contribution < -0.4 is 0 Å². The van der Waals surface area contributed by atoms with Gasteiger partial charge in [0.25, 0.3) is 0 Å². The van der Waals surface area contributed by atoms with E-state index in [2.05, 4.69) is 0 Å². The Morgan fingerprint density at radius 2 is 2.22 bits per heavy atom. The van der Waals surface area contributed by atoms with Gasteiger partial charge in [-0.15, -0.1) is 23.2 Å². The Labute approximate surface area is 70.8 Å². The summed E-state index contributed by atoms with van der Waals surface area (Å²) in [4.78, 5) is 0. The number of hydrogen-bond donors (Lipinski definition) is 0. The molecule has 0 aliphatic heterocycles. The molecule has 3 heteroatoms. The number of alkyl halides is 2. The first-order valence-corrected chi connectivity index (χ1v) is 4.06. The lowest BCUT2D eigenvalue weighted by molar-refractivity contribution is 0.953. The summed E-state index contributed by atoms with van der Waals surface area (Å²) in [5.74, 6) is 0.461. The van der Waals surface area contributed by atoms with Gasteiger partial charge in [-0.3, -0.25) is 0 Å². The predicted octanol–water partition coefficient (Wildman–Crippen LogP) is 3.37. The molecule has 0 radical (unpaired) electrons. The third kappa shape index (κ3) is 6.50. The van der Waals surface area contributed by atoms with Crippen molar-refractivity contribution in [2.75, 3.05) is 5.88 Å². The molecule has 0 aliphatic rings. The lowest BCUT2D eigenvalue weighted by atomic mass is 10.3. The van der Waals surface area contributed by atoms with E-state index in [9.17, 15) is 0 Å². The van der Waals surface area contributed by atoms with Crippen LogP contribution in [0.5, 0.6) is 0 Å². The largest absolute Gasteiger partial charge is 0.123 e. The standard InChI is InChI=1S/C6H9Cl3/c1-5(8)4-6(9)2-3-7/h2,5H,3-4H2,1H3. The molecule has 0 aromatic rings. The molecule has 0 aromatic carbocycles. The highest BCUT2D eigenvalue weighted by atomic mass is 35.5. The summed E-state index contributed by atoms with van der Waals surface area (Å²) in [6.07, 6.45) is 2.46. The molecule has 0 aromatic heterocycles. The Hall–Kier alpha value is 0.610. The lowest BCUT2D eigenvalue weighted by Crippen LogP contribution is -1.89. The molecule has 54 valence electrons. The van der Waals surface area contributed by atoms with E-state index in [1.807, 2.05) is 6.92 Å². The molecule has 0 fully saturated rings. The first kappa shape index (κ1) is 9.61. The van der Waals surface area contributed by atoms with Crippen LogP contribution in [0.1, 0.15) is 13.3 Å². The van der Waals surface area contributed by atoms with E-state index in [0.717, 1.165) is 5.03 Å². The molecule has 0 heterocycles. The van der Waals surface area contributed by atoms with Gasteiger partial charge in [-0.05, 0) is 13.3 Å². The summed E-state index contributed by atoms with van der Waals surface area (Å²) in [6, 6.07) is 0. The van der Waals surface area contributed by atoms with Crippen LogP contribution in [0.3, 0.4) is 0 Å². The summed E-state index contributed by atoms with van der Waals surface area (Å²) in [5.41, 5.74) is 0. The van der Waals surface area contributed by atoms with Gasteiger partial charge in [0.1, 0.15) is 0 Å². The summed E-state index contributed by atoms with van der Waals surface area (Å²) in [7, 11) is 0. The Bertz CT molecular complexity index is 96.5. The molecule has 0 bridgehead atoms. The van der Waals surface area contributed by atoms with E-state index in [0.29, 0.717) is 12.3 Å². The zero-order valence-electron chi connectivity index (χ0n) is 5.20. The Kier molecular flexibility index (Phi) is 5.77. The molecule has 1 unspecified atom stereocenters. The predicted molar refractivity (Wildman–Crippen MR) is 44.6 cm³/mol. The second-order valence-corrected chi connectivity index (χ2v) is 3.33. The van der Waals surface area contributed by atoms with Gasteiger partial charge in [-0.25, -0.2) is 0 Å². The first-order chi connectivity index (χ1) is 4.16. The van der Waals surface area contributed by atoms with Crippen molar-refractivity contribution in [3.05, 3.63) is 11.1 Å². The summed E-state index contributed by atoms with van der Waals surface area (Å²) < 4.78 is 0. The van der Waals surface area contributed by atoms with Crippen molar-refractivity contribution in [2.45, 2.75) is 18.7 Å². The molecular weight excluding hydrogens is 178 g/mol. The normalized spacial score (nSPS) is 15.8. The lowest BCUT2D eigenvalue weighted by Gasteiger charge is -1.98. The monoisotopic (exact) mass is 186 g/mol. The van der Waals surface area contributed by atoms with E-state index in [1.54, 1.807) is 6.08 Å². The van der Waals surface area contributed by atoms with Crippen molar-refractivity contribution in [1.82, 2.24) is 0 Å². The van der Waals surface area contributed by atoms with Gasteiger partial charge in [-0.1, -0.05) is 17.7 Å². The van der Waals surface area contributed by atoms with Crippen LogP contribution in [0, 0.1) is 0 Å². The Morgan fingerprint density at radius 1 is 1.67 bits per heavy atom. The number of allylic oxidation sites excluding steroid dienone is 2. The van der Waals surface area contributed by atoms with Gasteiger partial charge >= 0.3 is 0 Å². The van der Waals surface area contributed by atoms with Gasteiger partial charge in [-0.2, -0.15) is 0 Å². The minimum Gasteiger partial charge on any atom is -0.123 e. The fourth-order valence-electron chi connectivity index (χ4n) is 0.436. The third-order valence-corrected chi connectivity index (χ3v) is 1.39. The molecule has 0 saturated carbocycles. The highest BCUT2D eigenvalue weighted by Crippen LogP contribution is 2.13. The van der Waals surface area contributed by atoms with Crippen molar-refractivity contribution in [3.63, 3.8) is 0 Å². The smallest absolute Gasteiger partial charge is 0.0418 e. The topological polar surface area (TPSA) is 0 Å². The third-order valence-electron chi connectivity index (χ3n) is 0.775.